The fraction of sp³-hybridized carbons (Fsp3) is 0.182. The molecule has 0 bridgehead atoms. The summed E-state index contributed by atoms with van der Waals surface area (Å²) in [5.41, 5.74) is 5.79. The number of fused-ring (bicyclic) bond motifs is 8. The second kappa shape index (κ2) is 7.92. The van der Waals surface area contributed by atoms with E-state index in [4.69, 9.17) is 14.3 Å². The van der Waals surface area contributed by atoms with E-state index in [0.29, 0.717) is 0 Å². The molecule has 39 heavy (non-hydrogen) atoms. The van der Waals surface area contributed by atoms with Crippen LogP contribution in [0.3, 0.4) is 0 Å². The van der Waals surface area contributed by atoms with Gasteiger partial charge in [0.1, 0.15) is 0 Å². The molecule has 7 aromatic rings. The van der Waals surface area contributed by atoms with E-state index in [1.54, 1.807) is 0 Å². The molecule has 1 aliphatic rings. The van der Waals surface area contributed by atoms with Crippen molar-refractivity contribution in [3.63, 3.8) is 0 Å². The lowest BCUT2D eigenvalue weighted by atomic mass is 9.78. The van der Waals surface area contributed by atoms with Gasteiger partial charge in [-0.25, -0.2) is 4.98 Å². The van der Waals surface area contributed by atoms with Crippen LogP contribution >= 0.6 is 11.3 Å². The van der Waals surface area contributed by atoms with Crippen molar-refractivity contribution in [1.82, 2.24) is 9.38 Å². The summed E-state index contributed by atoms with van der Waals surface area (Å²) in [6.07, 6.45) is 2.26. The topological polar surface area (TPSA) is 35.8 Å². The van der Waals surface area contributed by atoms with Crippen molar-refractivity contribution in [2.75, 3.05) is 0 Å². The molecule has 0 radical (unpaired) electrons. The maximum Gasteiger partial charge on any atom is 0.494 e. The van der Waals surface area contributed by atoms with Gasteiger partial charge in [0.05, 0.1) is 26.9 Å². The molecule has 1 saturated heterocycles. The molecule has 0 N–H and O–H groups in total. The normalized spacial score (nSPS) is 16.9. The molecule has 0 unspecified atom stereocenters. The third-order valence-corrected chi connectivity index (χ3v) is 9.78. The maximum absolute atomic E-state index is 6.31. The van der Waals surface area contributed by atoms with E-state index in [1.165, 1.54) is 36.5 Å². The minimum absolute atomic E-state index is 0.367. The summed E-state index contributed by atoms with van der Waals surface area (Å²) in [6, 6.07) is 30.3. The minimum Gasteiger partial charge on any atom is -0.399 e. The zero-order valence-electron chi connectivity index (χ0n) is 22.4. The van der Waals surface area contributed by atoms with Crippen LogP contribution in [0.15, 0.2) is 91.1 Å². The lowest BCUT2D eigenvalue weighted by Crippen LogP contribution is -2.41. The van der Waals surface area contributed by atoms with E-state index in [1.807, 2.05) is 11.3 Å². The van der Waals surface area contributed by atoms with Gasteiger partial charge in [-0.05, 0) is 73.8 Å². The van der Waals surface area contributed by atoms with Crippen LogP contribution in [0.5, 0.6) is 0 Å². The number of benzene rings is 4. The van der Waals surface area contributed by atoms with Gasteiger partial charge in [0.15, 0.2) is 5.65 Å². The van der Waals surface area contributed by atoms with Crippen LogP contribution in [0.4, 0.5) is 0 Å². The quantitative estimate of drug-likeness (QED) is 0.214. The average Bonchev–Trinajstić information content (AvgIpc) is 3.55. The second-order valence-electron chi connectivity index (χ2n) is 11.5. The summed E-state index contributed by atoms with van der Waals surface area (Å²) in [7, 11) is -0.377. The van der Waals surface area contributed by atoms with E-state index in [9.17, 15) is 0 Å². The maximum atomic E-state index is 6.31. The fourth-order valence-electron chi connectivity index (χ4n) is 5.75. The molecule has 0 aliphatic carbocycles. The molecule has 0 spiro atoms. The third-order valence-electron chi connectivity index (χ3n) is 8.63. The van der Waals surface area contributed by atoms with Crippen molar-refractivity contribution in [3.05, 3.63) is 91.1 Å². The molecular weight excluding hydrogens is 499 g/mol. The highest BCUT2D eigenvalue weighted by Crippen LogP contribution is 2.44. The number of hydrogen-bond donors (Lipinski definition) is 0. The van der Waals surface area contributed by atoms with Crippen molar-refractivity contribution in [2.45, 2.75) is 38.9 Å². The van der Waals surface area contributed by atoms with Crippen molar-refractivity contribution >= 4 is 71.5 Å². The van der Waals surface area contributed by atoms with Gasteiger partial charge in [0, 0.05) is 27.2 Å². The molecule has 6 heteroatoms. The van der Waals surface area contributed by atoms with Crippen LogP contribution in [-0.2, 0) is 9.31 Å². The molecule has 4 nitrogen and oxygen atoms in total. The highest BCUT2D eigenvalue weighted by molar-refractivity contribution is 7.26. The Hall–Kier alpha value is -3.71. The highest BCUT2D eigenvalue weighted by Gasteiger charge is 2.51. The molecule has 0 amide bonds. The molecule has 0 atom stereocenters. The molecular formula is C33H27BN2O2S. The number of hydrogen-bond acceptors (Lipinski definition) is 4. The average molecular weight is 526 g/mol. The summed E-state index contributed by atoms with van der Waals surface area (Å²) >= 11 is 1.83. The van der Waals surface area contributed by atoms with Crippen molar-refractivity contribution < 1.29 is 9.31 Å². The Bertz CT molecular complexity index is 2070. The summed E-state index contributed by atoms with van der Waals surface area (Å²) in [5, 5.41) is 5.04. The number of para-hydroxylation sites is 2. The SMILES string of the molecule is CC1(C)OB(c2ccc(-c3cn4c5ccccc5nc4c4sc5cc6ccccc6cc5c34)cc2)OC1(C)C. The molecule has 4 aromatic carbocycles. The minimum atomic E-state index is -0.377. The Balaban J connectivity index is 1.38. The molecule has 8 rings (SSSR count). The summed E-state index contributed by atoms with van der Waals surface area (Å²) in [5.74, 6) is 0. The first kappa shape index (κ1) is 23.2. The van der Waals surface area contributed by atoms with Crippen LogP contribution in [0, 0.1) is 0 Å². The van der Waals surface area contributed by atoms with Gasteiger partial charge in [-0.15, -0.1) is 11.3 Å². The number of imidazole rings is 1. The van der Waals surface area contributed by atoms with E-state index >= 15 is 0 Å². The van der Waals surface area contributed by atoms with Crippen molar-refractivity contribution in [3.8, 4) is 11.1 Å². The van der Waals surface area contributed by atoms with Crippen LogP contribution in [0.2, 0.25) is 0 Å². The predicted octanol–water partition coefficient (Wildman–Crippen LogP) is 7.97. The number of rotatable bonds is 2. The van der Waals surface area contributed by atoms with Crippen LogP contribution < -0.4 is 5.46 Å². The largest absolute Gasteiger partial charge is 0.494 e. The highest BCUT2D eigenvalue weighted by atomic mass is 32.1. The van der Waals surface area contributed by atoms with Gasteiger partial charge in [-0.2, -0.15) is 0 Å². The van der Waals surface area contributed by atoms with E-state index in [2.05, 4.69) is 123 Å². The van der Waals surface area contributed by atoms with Crippen LogP contribution in [-0.4, -0.2) is 27.7 Å². The van der Waals surface area contributed by atoms with Crippen LogP contribution in [0.25, 0.3) is 58.8 Å². The fourth-order valence-corrected chi connectivity index (χ4v) is 6.99. The Morgan fingerprint density at radius 1 is 0.795 bits per heavy atom. The van der Waals surface area contributed by atoms with Gasteiger partial charge in [-0.1, -0.05) is 60.7 Å². The standard InChI is InChI=1S/C33H27BN2O2S/c1-32(2)33(3,4)38-34(37-32)23-15-13-20(14-16-23)25-19-36-27-12-8-7-11-26(27)35-31(36)30-29(25)24-17-21-9-5-6-10-22(21)18-28(24)39-30/h5-19H,1-4H3. The lowest BCUT2D eigenvalue weighted by molar-refractivity contribution is 0.00578. The van der Waals surface area contributed by atoms with Gasteiger partial charge >= 0.3 is 7.12 Å². The number of aromatic nitrogens is 2. The van der Waals surface area contributed by atoms with Crippen molar-refractivity contribution in [1.29, 1.82) is 0 Å². The molecule has 3 aromatic heterocycles. The smallest absolute Gasteiger partial charge is 0.399 e. The lowest BCUT2D eigenvalue weighted by Gasteiger charge is -2.32. The number of pyridine rings is 1. The Kier molecular flexibility index (Phi) is 4.71. The van der Waals surface area contributed by atoms with E-state index in [-0.39, 0.29) is 18.3 Å². The predicted molar refractivity (Wildman–Crippen MR) is 164 cm³/mol. The monoisotopic (exact) mass is 526 g/mol. The summed E-state index contributed by atoms with van der Waals surface area (Å²) in [4.78, 5) is 5.08. The summed E-state index contributed by atoms with van der Waals surface area (Å²) in [6.45, 7) is 8.37. The molecule has 0 saturated carbocycles. The Morgan fingerprint density at radius 2 is 1.46 bits per heavy atom. The first-order chi connectivity index (χ1) is 18.8. The van der Waals surface area contributed by atoms with Gasteiger partial charge in [0.25, 0.3) is 0 Å². The van der Waals surface area contributed by atoms with E-state index in [0.717, 1.165) is 27.7 Å². The summed E-state index contributed by atoms with van der Waals surface area (Å²) < 4.78 is 17.4. The Morgan fingerprint density at radius 3 is 2.21 bits per heavy atom. The van der Waals surface area contributed by atoms with Gasteiger partial charge in [-0.3, -0.25) is 4.40 Å². The molecule has 4 heterocycles. The van der Waals surface area contributed by atoms with E-state index < -0.39 is 0 Å². The third kappa shape index (κ3) is 3.35. The zero-order valence-corrected chi connectivity index (χ0v) is 23.2. The Labute approximate surface area is 230 Å². The first-order valence-corrected chi connectivity index (χ1v) is 14.2. The van der Waals surface area contributed by atoms with Crippen molar-refractivity contribution in [2.24, 2.45) is 0 Å². The van der Waals surface area contributed by atoms with Gasteiger partial charge < -0.3 is 9.31 Å². The first-order valence-electron chi connectivity index (χ1n) is 13.4. The molecule has 190 valence electrons. The second-order valence-corrected chi connectivity index (χ2v) is 12.6. The van der Waals surface area contributed by atoms with Gasteiger partial charge in [0.2, 0.25) is 0 Å². The molecule has 1 fully saturated rings. The zero-order chi connectivity index (χ0) is 26.5. The molecule has 1 aliphatic heterocycles. The van der Waals surface area contributed by atoms with Crippen LogP contribution in [0.1, 0.15) is 27.7 Å². The number of thiophene rings is 1. The number of nitrogens with zero attached hydrogens (tertiary/aromatic N) is 2.